The lowest BCUT2D eigenvalue weighted by Gasteiger charge is -2.06. The van der Waals surface area contributed by atoms with Gasteiger partial charge in [0.2, 0.25) is 11.7 Å². The van der Waals surface area contributed by atoms with Crippen LogP contribution in [0.2, 0.25) is 0 Å². The molecule has 0 radical (unpaired) electrons. The van der Waals surface area contributed by atoms with Gasteiger partial charge in [-0.15, -0.1) is 0 Å². The predicted octanol–water partition coefficient (Wildman–Crippen LogP) is 2.55. The molecule has 6 nitrogen and oxygen atoms in total. The number of carbonyl (C=O) groups is 1. The first-order valence-corrected chi connectivity index (χ1v) is 6.76. The van der Waals surface area contributed by atoms with Gasteiger partial charge < -0.3 is 14.6 Å². The lowest BCUT2D eigenvalue weighted by atomic mass is 10.1. The second kappa shape index (κ2) is 7.39. The molecule has 0 saturated carbocycles. The third kappa shape index (κ3) is 4.51. The van der Waals surface area contributed by atoms with E-state index in [9.17, 15) is 22.4 Å². The number of aromatic nitrogens is 2. The molecular weight excluding hydrogens is 334 g/mol. The zero-order valence-corrected chi connectivity index (χ0v) is 12.5. The summed E-state index contributed by atoms with van der Waals surface area (Å²) >= 11 is 0. The molecule has 0 bridgehead atoms. The molecule has 130 valence electrons. The van der Waals surface area contributed by atoms with Crippen molar-refractivity contribution in [3.8, 4) is 11.4 Å². The number of ether oxygens (including phenoxy) is 1. The normalized spacial score (nSPS) is 11.5. The summed E-state index contributed by atoms with van der Waals surface area (Å²) in [5.41, 5.74) is 0.199. The molecule has 1 heterocycles. The topological polar surface area (TPSA) is 77.2 Å². The number of rotatable bonds is 6. The van der Waals surface area contributed by atoms with Gasteiger partial charge in [-0.25, -0.2) is 4.39 Å². The molecule has 1 aromatic carbocycles. The summed E-state index contributed by atoms with van der Waals surface area (Å²) in [7, 11) is 1.46. The van der Waals surface area contributed by atoms with E-state index in [1.165, 1.54) is 19.2 Å². The molecule has 0 saturated heterocycles. The minimum Gasteiger partial charge on any atom is -0.384 e. The van der Waals surface area contributed by atoms with Crippen LogP contribution in [0.5, 0.6) is 0 Å². The summed E-state index contributed by atoms with van der Waals surface area (Å²) in [6, 6.07) is 3.74. The van der Waals surface area contributed by atoms with Crippen LogP contribution in [0.25, 0.3) is 11.4 Å². The smallest absolute Gasteiger partial charge is 0.384 e. The number of nitrogens with one attached hydrogen (secondary N) is 1. The van der Waals surface area contributed by atoms with Gasteiger partial charge in [-0.05, 0) is 17.7 Å². The van der Waals surface area contributed by atoms with Crippen molar-refractivity contribution in [1.82, 2.24) is 15.5 Å². The molecular formula is C14H13F4N3O3. The van der Waals surface area contributed by atoms with E-state index in [1.807, 2.05) is 0 Å². The highest BCUT2D eigenvalue weighted by Crippen LogP contribution is 2.30. The van der Waals surface area contributed by atoms with Gasteiger partial charge in [0.1, 0.15) is 5.82 Å². The van der Waals surface area contributed by atoms with Crippen LogP contribution in [0, 0.1) is 5.82 Å². The predicted molar refractivity (Wildman–Crippen MR) is 73.0 cm³/mol. The number of methoxy groups -OCH3 is 1. The zero-order chi connectivity index (χ0) is 17.7. The van der Waals surface area contributed by atoms with E-state index in [-0.39, 0.29) is 31.0 Å². The van der Waals surface area contributed by atoms with Gasteiger partial charge in [0.25, 0.3) is 0 Å². The number of benzene rings is 1. The summed E-state index contributed by atoms with van der Waals surface area (Å²) < 4.78 is 60.1. The lowest BCUT2D eigenvalue weighted by Crippen LogP contribution is -2.23. The summed E-state index contributed by atoms with van der Waals surface area (Å²) in [4.78, 5) is 14.5. The summed E-state index contributed by atoms with van der Waals surface area (Å²) in [6.45, 7) is 0.332. The zero-order valence-electron chi connectivity index (χ0n) is 12.5. The highest BCUT2D eigenvalue weighted by Gasteiger charge is 2.38. The van der Waals surface area contributed by atoms with E-state index in [1.54, 1.807) is 0 Å². The van der Waals surface area contributed by atoms with Crippen LogP contribution in [-0.2, 0) is 22.3 Å². The number of alkyl halides is 3. The van der Waals surface area contributed by atoms with Crippen molar-refractivity contribution in [3.63, 3.8) is 0 Å². The van der Waals surface area contributed by atoms with E-state index in [0.29, 0.717) is 5.56 Å². The second-order valence-electron chi connectivity index (χ2n) is 4.75. The third-order valence-electron chi connectivity index (χ3n) is 2.97. The van der Waals surface area contributed by atoms with Crippen LogP contribution in [0.4, 0.5) is 17.6 Å². The Labute approximate surface area is 133 Å². The Morgan fingerprint density at radius 1 is 1.38 bits per heavy atom. The largest absolute Gasteiger partial charge is 0.471 e. The molecule has 1 amide bonds. The number of amides is 1. The maximum absolute atomic E-state index is 14.0. The van der Waals surface area contributed by atoms with E-state index >= 15 is 0 Å². The van der Waals surface area contributed by atoms with Crippen molar-refractivity contribution in [2.24, 2.45) is 0 Å². The molecule has 0 aliphatic carbocycles. The molecule has 1 aromatic heterocycles. The van der Waals surface area contributed by atoms with E-state index in [2.05, 4.69) is 20.0 Å². The summed E-state index contributed by atoms with van der Waals surface area (Å²) in [5.74, 6) is -3.15. The number of hydrogen-bond acceptors (Lipinski definition) is 5. The van der Waals surface area contributed by atoms with E-state index in [4.69, 9.17) is 4.74 Å². The fourth-order valence-electron chi connectivity index (χ4n) is 1.78. The first-order chi connectivity index (χ1) is 11.3. The Balaban J connectivity index is 2.07. The highest BCUT2D eigenvalue weighted by molar-refractivity contribution is 5.76. The Morgan fingerprint density at radius 3 is 2.71 bits per heavy atom. The van der Waals surface area contributed by atoms with Crippen LogP contribution in [0.3, 0.4) is 0 Å². The monoisotopic (exact) mass is 347 g/mol. The maximum Gasteiger partial charge on any atom is 0.471 e. The van der Waals surface area contributed by atoms with Crippen LogP contribution < -0.4 is 5.32 Å². The van der Waals surface area contributed by atoms with Gasteiger partial charge in [-0.3, -0.25) is 4.79 Å². The van der Waals surface area contributed by atoms with Gasteiger partial charge in [0, 0.05) is 20.1 Å². The van der Waals surface area contributed by atoms with Gasteiger partial charge in [0.05, 0.1) is 12.2 Å². The molecule has 10 heteroatoms. The minimum absolute atomic E-state index is 0.0692. The van der Waals surface area contributed by atoms with Crippen LogP contribution in [-0.4, -0.2) is 29.8 Å². The SMILES string of the molecule is COCCC(=O)NCc1ccc(-c2noc(C(F)(F)F)n2)c(F)c1. The Morgan fingerprint density at radius 2 is 2.12 bits per heavy atom. The molecule has 1 N–H and O–H groups in total. The molecule has 0 spiro atoms. The van der Waals surface area contributed by atoms with Gasteiger partial charge in [-0.1, -0.05) is 11.2 Å². The fraction of sp³-hybridized carbons (Fsp3) is 0.357. The molecule has 0 atom stereocenters. The first-order valence-electron chi connectivity index (χ1n) is 6.76. The summed E-state index contributed by atoms with van der Waals surface area (Å²) in [6.07, 6.45) is -4.63. The van der Waals surface area contributed by atoms with Crippen molar-refractivity contribution in [2.45, 2.75) is 19.1 Å². The third-order valence-corrected chi connectivity index (χ3v) is 2.97. The second-order valence-corrected chi connectivity index (χ2v) is 4.75. The summed E-state index contributed by atoms with van der Waals surface area (Å²) in [5, 5.41) is 5.68. The lowest BCUT2D eigenvalue weighted by molar-refractivity contribution is -0.159. The van der Waals surface area contributed by atoms with Crippen molar-refractivity contribution in [3.05, 3.63) is 35.5 Å². The van der Waals surface area contributed by atoms with Crippen LogP contribution in [0.1, 0.15) is 17.9 Å². The number of hydrogen-bond donors (Lipinski definition) is 1. The molecule has 0 aliphatic rings. The van der Waals surface area contributed by atoms with Gasteiger partial charge in [0.15, 0.2) is 0 Å². The average molecular weight is 347 g/mol. The quantitative estimate of drug-likeness (QED) is 0.813. The fourth-order valence-corrected chi connectivity index (χ4v) is 1.78. The van der Waals surface area contributed by atoms with Crippen molar-refractivity contribution < 1.29 is 31.6 Å². The van der Waals surface area contributed by atoms with Crippen LogP contribution >= 0.6 is 0 Å². The van der Waals surface area contributed by atoms with Crippen molar-refractivity contribution >= 4 is 5.91 Å². The molecule has 0 unspecified atom stereocenters. The number of carbonyl (C=O) groups excluding carboxylic acids is 1. The van der Waals surface area contributed by atoms with Gasteiger partial charge >= 0.3 is 12.1 Å². The number of halogens is 4. The first kappa shape index (κ1) is 17.9. The average Bonchev–Trinajstić information content (AvgIpc) is 3.01. The van der Waals surface area contributed by atoms with Gasteiger partial charge in [-0.2, -0.15) is 18.2 Å². The molecule has 24 heavy (non-hydrogen) atoms. The molecule has 0 aliphatic heterocycles. The Kier molecular flexibility index (Phi) is 5.50. The Bertz CT molecular complexity index is 716. The minimum atomic E-state index is -4.80. The van der Waals surface area contributed by atoms with Crippen LogP contribution in [0.15, 0.2) is 22.7 Å². The molecule has 2 aromatic rings. The van der Waals surface area contributed by atoms with E-state index in [0.717, 1.165) is 6.07 Å². The maximum atomic E-state index is 14.0. The molecule has 0 fully saturated rings. The Hall–Kier alpha value is -2.49. The number of nitrogens with zero attached hydrogens (tertiary/aromatic N) is 2. The highest BCUT2D eigenvalue weighted by atomic mass is 19.4. The van der Waals surface area contributed by atoms with Crippen molar-refractivity contribution in [1.29, 1.82) is 0 Å². The standard InChI is InChI=1S/C14H13F4N3O3/c1-23-5-4-11(22)19-7-8-2-3-9(10(15)6-8)12-20-13(24-21-12)14(16,17)18/h2-3,6H,4-5,7H2,1H3,(H,19,22). The van der Waals surface area contributed by atoms with Crippen molar-refractivity contribution in [2.75, 3.05) is 13.7 Å². The van der Waals surface area contributed by atoms with E-state index < -0.39 is 23.7 Å². The molecule has 2 rings (SSSR count).